The van der Waals surface area contributed by atoms with Gasteiger partial charge >= 0.3 is 0 Å². The van der Waals surface area contributed by atoms with Crippen LogP contribution in [-0.2, 0) is 11.2 Å². The molecule has 2 nitrogen and oxygen atoms in total. The summed E-state index contributed by atoms with van der Waals surface area (Å²) in [5.74, 6) is 0.0637. The maximum absolute atomic E-state index is 11.9. The molecule has 2 aromatic carbocycles. The van der Waals surface area contributed by atoms with Crippen LogP contribution in [0.3, 0.4) is 0 Å². The predicted molar refractivity (Wildman–Crippen MR) is 84.0 cm³/mol. The van der Waals surface area contributed by atoms with Gasteiger partial charge in [0.2, 0.25) is 5.91 Å². The van der Waals surface area contributed by atoms with Crippen LogP contribution in [0.15, 0.2) is 42.5 Å². The molecule has 20 heavy (non-hydrogen) atoms. The fourth-order valence-corrected chi connectivity index (χ4v) is 2.16. The molecule has 0 fully saturated rings. The molecule has 0 aliphatic rings. The molecule has 0 radical (unpaired) electrons. The molecule has 0 saturated carbocycles. The number of hydrogen-bond acceptors (Lipinski definition) is 1. The summed E-state index contributed by atoms with van der Waals surface area (Å²) in [5, 5.41) is 2.94. The summed E-state index contributed by atoms with van der Waals surface area (Å²) < 4.78 is 0. The van der Waals surface area contributed by atoms with Crippen LogP contribution in [-0.4, -0.2) is 5.91 Å². The molecular formula is C18H21NO. The molecule has 0 aromatic heterocycles. The van der Waals surface area contributed by atoms with Gasteiger partial charge in [-0.05, 0) is 61.6 Å². The summed E-state index contributed by atoms with van der Waals surface area (Å²) in [6, 6.07) is 14.2. The highest BCUT2D eigenvalue weighted by atomic mass is 16.1. The minimum Gasteiger partial charge on any atom is -0.326 e. The van der Waals surface area contributed by atoms with E-state index in [-0.39, 0.29) is 5.91 Å². The first kappa shape index (κ1) is 14.3. The zero-order chi connectivity index (χ0) is 14.5. The lowest BCUT2D eigenvalue weighted by atomic mass is 10.0. The van der Waals surface area contributed by atoms with E-state index in [0.717, 1.165) is 17.7 Å². The minimum atomic E-state index is 0.0637. The van der Waals surface area contributed by atoms with Crippen LogP contribution >= 0.6 is 0 Å². The van der Waals surface area contributed by atoms with Crippen molar-refractivity contribution in [2.45, 2.75) is 33.6 Å². The Morgan fingerprint density at radius 2 is 1.80 bits per heavy atom. The molecule has 0 saturated heterocycles. The van der Waals surface area contributed by atoms with E-state index in [1.165, 1.54) is 16.7 Å². The van der Waals surface area contributed by atoms with Crippen molar-refractivity contribution < 1.29 is 4.79 Å². The second-order valence-corrected chi connectivity index (χ2v) is 5.34. The topological polar surface area (TPSA) is 29.1 Å². The monoisotopic (exact) mass is 267 g/mol. The van der Waals surface area contributed by atoms with Crippen LogP contribution in [0.25, 0.3) is 0 Å². The summed E-state index contributed by atoms with van der Waals surface area (Å²) in [4.78, 5) is 11.9. The normalized spacial score (nSPS) is 10.3. The molecule has 0 heterocycles. The number of anilines is 1. The van der Waals surface area contributed by atoms with Gasteiger partial charge in [0.15, 0.2) is 0 Å². The standard InChI is InChI=1S/C18H21NO/c1-13-5-4-6-17(11-13)19-18(20)10-9-16-8-7-14(2)15(3)12-16/h4-8,11-12H,9-10H2,1-3H3,(H,19,20). The van der Waals surface area contributed by atoms with Crippen LogP contribution in [0.4, 0.5) is 5.69 Å². The molecule has 0 spiro atoms. The van der Waals surface area contributed by atoms with E-state index < -0.39 is 0 Å². The van der Waals surface area contributed by atoms with Crippen molar-refractivity contribution in [2.75, 3.05) is 5.32 Å². The summed E-state index contributed by atoms with van der Waals surface area (Å²) in [7, 11) is 0. The zero-order valence-corrected chi connectivity index (χ0v) is 12.4. The molecule has 2 rings (SSSR count). The van der Waals surface area contributed by atoms with Crippen molar-refractivity contribution in [2.24, 2.45) is 0 Å². The maximum atomic E-state index is 11.9. The number of aryl methyl sites for hydroxylation is 4. The van der Waals surface area contributed by atoms with Gasteiger partial charge in [0.1, 0.15) is 0 Å². The lowest BCUT2D eigenvalue weighted by molar-refractivity contribution is -0.116. The molecule has 0 aliphatic heterocycles. The van der Waals surface area contributed by atoms with Crippen LogP contribution in [0, 0.1) is 20.8 Å². The molecule has 0 atom stereocenters. The van der Waals surface area contributed by atoms with E-state index in [2.05, 4.69) is 37.4 Å². The van der Waals surface area contributed by atoms with E-state index in [4.69, 9.17) is 0 Å². The van der Waals surface area contributed by atoms with E-state index in [1.54, 1.807) is 0 Å². The Balaban J connectivity index is 1.90. The second kappa shape index (κ2) is 6.38. The van der Waals surface area contributed by atoms with Crippen molar-refractivity contribution >= 4 is 11.6 Å². The number of amides is 1. The highest BCUT2D eigenvalue weighted by Gasteiger charge is 2.04. The fraction of sp³-hybridized carbons (Fsp3) is 0.278. The highest BCUT2D eigenvalue weighted by molar-refractivity contribution is 5.90. The number of carbonyl (C=O) groups excluding carboxylic acids is 1. The minimum absolute atomic E-state index is 0.0637. The van der Waals surface area contributed by atoms with Gasteiger partial charge in [0.05, 0.1) is 0 Å². The van der Waals surface area contributed by atoms with Crippen molar-refractivity contribution in [3.63, 3.8) is 0 Å². The summed E-state index contributed by atoms with van der Waals surface area (Å²) in [6.07, 6.45) is 1.29. The number of hydrogen-bond donors (Lipinski definition) is 1. The van der Waals surface area contributed by atoms with Crippen molar-refractivity contribution in [3.05, 3.63) is 64.7 Å². The maximum Gasteiger partial charge on any atom is 0.224 e. The molecule has 2 heteroatoms. The van der Waals surface area contributed by atoms with Gasteiger partial charge in [0.25, 0.3) is 0 Å². The Kier molecular flexibility index (Phi) is 4.57. The van der Waals surface area contributed by atoms with Gasteiger partial charge < -0.3 is 5.32 Å². The third-order valence-electron chi connectivity index (χ3n) is 3.51. The van der Waals surface area contributed by atoms with Gasteiger partial charge in [-0.1, -0.05) is 30.3 Å². The van der Waals surface area contributed by atoms with E-state index in [9.17, 15) is 4.79 Å². The van der Waals surface area contributed by atoms with E-state index in [0.29, 0.717) is 6.42 Å². The molecule has 0 bridgehead atoms. The highest BCUT2D eigenvalue weighted by Crippen LogP contribution is 2.13. The number of rotatable bonds is 4. The average molecular weight is 267 g/mol. The molecule has 2 aromatic rings. The molecule has 1 N–H and O–H groups in total. The van der Waals surface area contributed by atoms with Crippen LogP contribution < -0.4 is 5.32 Å². The van der Waals surface area contributed by atoms with Crippen LogP contribution in [0.1, 0.15) is 28.7 Å². The molecule has 0 unspecified atom stereocenters. The third kappa shape index (κ3) is 3.95. The third-order valence-corrected chi connectivity index (χ3v) is 3.51. The van der Waals surface area contributed by atoms with E-state index >= 15 is 0 Å². The predicted octanol–water partition coefficient (Wildman–Crippen LogP) is 4.18. The molecular weight excluding hydrogens is 246 g/mol. The summed E-state index contributed by atoms with van der Waals surface area (Å²) in [5.41, 5.74) is 5.80. The molecule has 1 amide bonds. The number of benzene rings is 2. The Labute approximate surface area is 120 Å². The Hall–Kier alpha value is -2.09. The first-order chi connectivity index (χ1) is 9.54. The number of carbonyl (C=O) groups is 1. The average Bonchev–Trinajstić information content (AvgIpc) is 2.40. The van der Waals surface area contributed by atoms with Gasteiger partial charge in [-0.3, -0.25) is 4.79 Å². The van der Waals surface area contributed by atoms with E-state index in [1.807, 2.05) is 31.2 Å². The molecule has 104 valence electrons. The fourth-order valence-electron chi connectivity index (χ4n) is 2.16. The summed E-state index contributed by atoms with van der Waals surface area (Å²) >= 11 is 0. The van der Waals surface area contributed by atoms with Crippen LogP contribution in [0.5, 0.6) is 0 Å². The van der Waals surface area contributed by atoms with Gasteiger partial charge in [-0.15, -0.1) is 0 Å². The summed E-state index contributed by atoms with van der Waals surface area (Å²) in [6.45, 7) is 6.22. The zero-order valence-electron chi connectivity index (χ0n) is 12.4. The largest absolute Gasteiger partial charge is 0.326 e. The first-order valence-corrected chi connectivity index (χ1v) is 6.97. The van der Waals surface area contributed by atoms with Crippen molar-refractivity contribution in [3.8, 4) is 0 Å². The Bertz CT molecular complexity index is 617. The Morgan fingerprint density at radius 3 is 2.50 bits per heavy atom. The quantitative estimate of drug-likeness (QED) is 0.884. The van der Waals surface area contributed by atoms with Crippen LogP contribution in [0.2, 0.25) is 0 Å². The SMILES string of the molecule is Cc1cccc(NC(=O)CCc2ccc(C)c(C)c2)c1. The van der Waals surface area contributed by atoms with Gasteiger partial charge in [-0.25, -0.2) is 0 Å². The van der Waals surface area contributed by atoms with Crippen molar-refractivity contribution in [1.82, 2.24) is 0 Å². The first-order valence-electron chi connectivity index (χ1n) is 6.97. The molecule has 0 aliphatic carbocycles. The Morgan fingerprint density at radius 1 is 1.00 bits per heavy atom. The second-order valence-electron chi connectivity index (χ2n) is 5.34. The van der Waals surface area contributed by atoms with Crippen molar-refractivity contribution in [1.29, 1.82) is 0 Å². The lowest BCUT2D eigenvalue weighted by Gasteiger charge is -2.07. The van der Waals surface area contributed by atoms with Gasteiger partial charge in [-0.2, -0.15) is 0 Å². The van der Waals surface area contributed by atoms with Gasteiger partial charge in [0, 0.05) is 12.1 Å². The number of nitrogens with one attached hydrogen (secondary N) is 1. The smallest absolute Gasteiger partial charge is 0.224 e. The lowest BCUT2D eigenvalue weighted by Crippen LogP contribution is -2.12.